The van der Waals surface area contributed by atoms with E-state index in [0.29, 0.717) is 24.4 Å². The zero-order chi connectivity index (χ0) is 27.5. The summed E-state index contributed by atoms with van der Waals surface area (Å²) in [7, 11) is 0. The third-order valence-corrected chi connectivity index (χ3v) is 6.83. The molecule has 3 rings (SSSR count). The molecule has 3 aromatic rings. The van der Waals surface area contributed by atoms with Crippen molar-refractivity contribution in [2.24, 2.45) is 4.99 Å². The zero-order valence-corrected chi connectivity index (χ0v) is 22.6. The van der Waals surface area contributed by atoms with Crippen molar-refractivity contribution in [3.63, 3.8) is 0 Å². The van der Waals surface area contributed by atoms with Crippen LogP contribution in [0.3, 0.4) is 0 Å². The fourth-order valence-electron chi connectivity index (χ4n) is 3.82. The number of nitrogens with zero attached hydrogens (tertiary/aromatic N) is 3. The first kappa shape index (κ1) is 28.8. The summed E-state index contributed by atoms with van der Waals surface area (Å²) in [5.74, 6) is -1.37. The third kappa shape index (κ3) is 7.62. The highest BCUT2D eigenvalue weighted by Gasteiger charge is 2.28. The van der Waals surface area contributed by atoms with Crippen LogP contribution in [-0.4, -0.2) is 65.6 Å². The number of esters is 2. The number of hydrogen-bond donors (Lipinski definition) is 1. The molecule has 1 unspecified atom stereocenters. The molecule has 0 amide bonds. The van der Waals surface area contributed by atoms with Gasteiger partial charge in [0.15, 0.2) is 0 Å². The van der Waals surface area contributed by atoms with E-state index in [4.69, 9.17) is 9.47 Å². The van der Waals surface area contributed by atoms with Gasteiger partial charge in [-0.15, -0.1) is 0 Å². The van der Waals surface area contributed by atoms with Crippen LogP contribution in [0.2, 0.25) is 0 Å². The Morgan fingerprint density at radius 2 is 1.74 bits per heavy atom. The van der Waals surface area contributed by atoms with Crippen molar-refractivity contribution in [2.75, 3.05) is 32.8 Å². The molecule has 0 radical (unpaired) electrons. The largest absolute Gasteiger partial charge is 0.493 e. The maximum absolute atomic E-state index is 12.8. The summed E-state index contributed by atoms with van der Waals surface area (Å²) >= 11 is 0.780. The first-order chi connectivity index (χ1) is 18.4. The molecular formula is C28H33N3O6S. The lowest BCUT2D eigenvalue weighted by Gasteiger charge is -2.17. The molecule has 0 saturated carbocycles. The summed E-state index contributed by atoms with van der Waals surface area (Å²) in [6.07, 6.45) is 1.55. The molecule has 0 fully saturated rings. The number of ether oxygens (including phenoxy) is 2. The molecule has 1 N–H and O–H groups in total. The lowest BCUT2D eigenvalue weighted by Crippen LogP contribution is -2.29. The number of thiazole rings is 1. The zero-order valence-electron chi connectivity index (χ0n) is 21.8. The van der Waals surface area contributed by atoms with Crippen LogP contribution >= 0.6 is 11.3 Å². The second-order valence-corrected chi connectivity index (χ2v) is 9.34. The van der Waals surface area contributed by atoms with Crippen LogP contribution in [0.5, 0.6) is 5.88 Å². The number of rotatable bonds is 13. The minimum atomic E-state index is -1.02. The topological polar surface area (TPSA) is 110 Å². The Labute approximate surface area is 226 Å². The van der Waals surface area contributed by atoms with Crippen molar-refractivity contribution in [1.29, 1.82) is 0 Å². The monoisotopic (exact) mass is 539 g/mol. The number of benzene rings is 2. The van der Waals surface area contributed by atoms with Gasteiger partial charge in [0.1, 0.15) is 17.5 Å². The van der Waals surface area contributed by atoms with Crippen LogP contribution in [0.15, 0.2) is 64.4 Å². The molecule has 10 heteroatoms. The van der Waals surface area contributed by atoms with Gasteiger partial charge in [-0.2, -0.15) is 0 Å². The molecule has 202 valence electrons. The molecule has 0 aliphatic rings. The highest BCUT2D eigenvalue weighted by Crippen LogP contribution is 2.26. The van der Waals surface area contributed by atoms with Crippen LogP contribution in [0.25, 0.3) is 0 Å². The number of hydrogen-bond acceptors (Lipinski definition) is 9. The molecule has 0 spiro atoms. The predicted octanol–water partition coefficient (Wildman–Crippen LogP) is 4.21. The summed E-state index contributed by atoms with van der Waals surface area (Å²) < 4.78 is 11.6. The van der Waals surface area contributed by atoms with Crippen LogP contribution < -0.4 is 4.87 Å². The molecule has 1 heterocycles. The Kier molecular flexibility index (Phi) is 10.8. The number of aromatic hydroxyl groups is 1. The quantitative estimate of drug-likeness (QED) is 0.256. The van der Waals surface area contributed by atoms with E-state index in [9.17, 15) is 19.5 Å². The molecule has 0 aliphatic carbocycles. The Balaban J connectivity index is 1.73. The lowest BCUT2D eigenvalue weighted by atomic mass is 10.1. The van der Waals surface area contributed by atoms with E-state index in [1.54, 1.807) is 31.2 Å². The lowest BCUT2D eigenvalue weighted by molar-refractivity contribution is -0.147. The Bertz CT molecular complexity index is 1280. The van der Waals surface area contributed by atoms with Crippen molar-refractivity contribution in [3.8, 4) is 5.88 Å². The second kappa shape index (κ2) is 14.3. The molecule has 1 aromatic heterocycles. The van der Waals surface area contributed by atoms with Gasteiger partial charge in [0.05, 0.1) is 24.1 Å². The standard InChI is InChI=1S/C28H33N3O6S/c1-4-30(5-2)16-17-37-26(33)21-12-14-22(15-13-21)29-19-24-25(32)31(28(35)38-24)23(27(34)36-6-3)18-20-10-8-7-9-11-20/h7-15,19,23,32H,4-6,16-18H2,1-3H3. The minimum Gasteiger partial charge on any atom is -0.493 e. The van der Waals surface area contributed by atoms with Crippen molar-refractivity contribution < 1.29 is 24.2 Å². The van der Waals surface area contributed by atoms with Gasteiger partial charge in [-0.25, -0.2) is 9.59 Å². The minimum absolute atomic E-state index is 0.150. The molecule has 0 aliphatic heterocycles. The fourth-order valence-corrected chi connectivity index (χ4v) is 4.61. The summed E-state index contributed by atoms with van der Waals surface area (Å²) in [4.78, 5) is 44.0. The van der Waals surface area contributed by atoms with Gasteiger partial charge >= 0.3 is 16.8 Å². The summed E-state index contributed by atoms with van der Waals surface area (Å²) in [6, 6.07) is 14.7. The Hall–Kier alpha value is -3.76. The van der Waals surface area contributed by atoms with Gasteiger partial charge in [0.25, 0.3) is 0 Å². The van der Waals surface area contributed by atoms with E-state index in [-0.39, 0.29) is 23.8 Å². The summed E-state index contributed by atoms with van der Waals surface area (Å²) in [5.41, 5.74) is 1.74. The van der Waals surface area contributed by atoms with Gasteiger partial charge in [-0.05, 0) is 49.8 Å². The van der Waals surface area contributed by atoms with Crippen LogP contribution in [0.4, 0.5) is 5.69 Å². The molecule has 1 atom stereocenters. The number of carbonyl (C=O) groups is 2. The first-order valence-corrected chi connectivity index (χ1v) is 13.4. The van der Waals surface area contributed by atoms with Gasteiger partial charge < -0.3 is 19.5 Å². The molecule has 9 nitrogen and oxygen atoms in total. The summed E-state index contributed by atoms with van der Waals surface area (Å²) in [6.45, 7) is 8.72. The number of carbonyl (C=O) groups excluding carboxylic acids is 2. The second-order valence-electron chi connectivity index (χ2n) is 8.35. The van der Waals surface area contributed by atoms with Gasteiger partial charge in [-0.3, -0.25) is 14.4 Å². The molecule has 2 aromatic carbocycles. The van der Waals surface area contributed by atoms with Gasteiger partial charge in [0.2, 0.25) is 5.88 Å². The highest BCUT2D eigenvalue weighted by atomic mass is 32.1. The van der Waals surface area contributed by atoms with Crippen molar-refractivity contribution in [2.45, 2.75) is 33.2 Å². The van der Waals surface area contributed by atoms with Crippen LogP contribution in [0, 0.1) is 0 Å². The molecule has 38 heavy (non-hydrogen) atoms. The van der Waals surface area contributed by atoms with Crippen LogP contribution in [0.1, 0.15) is 47.6 Å². The van der Waals surface area contributed by atoms with Crippen molar-refractivity contribution in [1.82, 2.24) is 9.47 Å². The van der Waals surface area contributed by atoms with Gasteiger partial charge in [0, 0.05) is 13.0 Å². The van der Waals surface area contributed by atoms with Gasteiger partial charge in [-0.1, -0.05) is 55.5 Å². The predicted molar refractivity (Wildman–Crippen MR) is 148 cm³/mol. The normalized spacial score (nSPS) is 12.1. The SMILES string of the molecule is CCOC(=O)C(Cc1ccccc1)n1c(O)c(C=Nc2ccc(C(=O)OCCN(CC)CC)cc2)sc1=O. The van der Waals surface area contributed by atoms with E-state index in [2.05, 4.69) is 23.7 Å². The van der Waals surface area contributed by atoms with Crippen molar-refractivity contribution in [3.05, 3.63) is 80.3 Å². The number of aliphatic imine (C=N–C) groups is 1. The molecular weight excluding hydrogens is 506 g/mol. The highest BCUT2D eigenvalue weighted by molar-refractivity contribution is 7.11. The summed E-state index contributed by atoms with van der Waals surface area (Å²) in [5, 5.41) is 10.8. The van der Waals surface area contributed by atoms with E-state index >= 15 is 0 Å². The number of aromatic nitrogens is 1. The van der Waals surface area contributed by atoms with E-state index in [1.165, 1.54) is 6.21 Å². The Morgan fingerprint density at radius 1 is 1.05 bits per heavy atom. The van der Waals surface area contributed by atoms with E-state index < -0.39 is 22.9 Å². The molecule has 0 saturated heterocycles. The van der Waals surface area contributed by atoms with Crippen molar-refractivity contribution >= 4 is 35.2 Å². The van der Waals surface area contributed by atoms with E-state index in [0.717, 1.165) is 34.6 Å². The third-order valence-electron chi connectivity index (χ3n) is 5.95. The maximum Gasteiger partial charge on any atom is 0.338 e. The maximum atomic E-state index is 12.8. The van der Waals surface area contributed by atoms with Crippen LogP contribution in [-0.2, 0) is 20.7 Å². The smallest absolute Gasteiger partial charge is 0.338 e. The Morgan fingerprint density at radius 3 is 2.37 bits per heavy atom. The fraction of sp³-hybridized carbons (Fsp3) is 0.357. The van der Waals surface area contributed by atoms with E-state index in [1.807, 2.05) is 30.3 Å². The average molecular weight is 540 g/mol. The number of likely N-dealkylation sites (N-methyl/N-ethyl adjacent to an activating group) is 1. The average Bonchev–Trinajstić information content (AvgIpc) is 3.21. The first-order valence-electron chi connectivity index (χ1n) is 12.6. The molecule has 0 bridgehead atoms.